The van der Waals surface area contributed by atoms with E-state index < -0.39 is 0 Å². The third kappa shape index (κ3) is 11.0. The van der Waals surface area contributed by atoms with Crippen molar-refractivity contribution in [1.82, 2.24) is 10.6 Å². The highest BCUT2D eigenvalue weighted by atomic mass is 127. The number of guanidine groups is 1. The van der Waals surface area contributed by atoms with Crippen molar-refractivity contribution in [2.24, 2.45) is 4.99 Å². The van der Waals surface area contributed by atoms with Gasteiger partial charge in [0.2, 0.25) is 0 Å². The van der Waals surface area contributed by atoms with E-state index in [1.165, 1.54) is 11.1 Å². The van der Waals surface area contributed by atoms with Gasteiger partial charge in [-0.25, -0.2) is 0 Å². The monoisotopic (exact) mass is 479 g/mol. The molecule has 0 amide bonds. The van der Waals surface area contributed by atoms with Crippen molar-refractivity contribution in [3.63, 3.8) is 0 Å². The van der Waals surface area contributed by atoms with E-state index in [0.29, 0.717) is 6.61 Å². The Labute approximate surface area is 175 Å². The summed E-state index contributed by atoms with van der Waals surface area (Å²) in [5.41, 5.74) is 2.29. The van der Waals surface area contributed by atoms with Gasteiger partial charge in [-0.2, -0.15) is 11.8 Å². The van der Waals surface area contributed by atoms with E-state index in [4.69, 9.17) is 4.74 Å². The average Bonchev–Trinajstić information content (AvgIpc) is 2.53. The zero-order chi connectivity index (χ0) is 18.2. The van der Waals surface area contributed by atoms with Crippen LogP contribution in [0.4, 0.5) is 0 Å². The Balaban J connectivity index is 0.00000576. The molecule has 0 heterocycles. The summed E-state index contributed by atoms with van der Waals surface area (Å²) in [7, 11) is 1.80. The van der Waals surface area contributed by atoms with Gasteiger partial charge in [-0.05, 0) is 52.0 Å². The summed E-state index contributed by atoms with van der Waals surface area (Å²) in [5.74, 6) is 0.827. The Morgan fingerprint density at radius 2 is 1.76 bits per heavy atom. The van der Waals surface area contributed by atoms with E-state index in [0.717, 1.165) is 19.0 Å². The molecule has 0 aromatic heterocycles. The highest BCUT2D eigenvalue weighted by Gasteiger charge is 2.16. The highest BCUT2D eigenvalue weighted by Crippen LogP contribution is 2.19. The molecule has 0 saturated carbocycles. The molecule has 6 heteroatoms. The van der Waals surface area contributed by atoms with Crippen LogP contribution in [0.3, 0.4) is 0 Å². The van der Waals surface area contributed by atoms with Crippen LogP contribution < -0.4 is 10.6 Å². The first kappa shape index (κ1) is 24.5. The smallest absolute Gasteiger partial charge is 0.191 e. The molecule has 0 aliphatic rings. The summed E-state index contributed by atoms with van der Waals surface area (Å²) < 4.78 is 6.03. The zero-order valence-corrected chi connectivity index (χ0v) is 19.7. The van der Waals surface area contributed by atoms with E-state index in [2.05, 4.69) is 80.8 Å². The van der Waals surface area contributed by atoms with Crippen molar-refractivity contribution in [3.05, 3.63) is 35.4 Å². The van der Waals surface area contributed by atoms with Crippen molar-refractivity contribution in [3.8, 4) is 0 Å². The fraction of sp³-hybridized carbons (Fsp3) is 0.632. The fourth-order valence-corrected chi connectivity index (χ4v) is 2.12. The Bertz CT molecular complexity index is 542. The predicted molar refractivity (Wildman–Crippen MR) is 122 cm³/mol. The molecular weight excluding hydrogens is 445 g/mol. The lowest BCUT2D eigenvalue weighted by atomic mass is 10.1. The number of benzene rings is 1. The summed E-state index contributed by atoms with van der Waals surface area (Å²) in [6, 6.07) is 8.47. The van der Waals surface area contributed by atoms with Crippen molar-refractivity contribution < 1.29 is 4.74 Å². The second-order valence-electron chi connectivity index (χ2n) is 7.46. The Hall–Kier alpha value is -0.470. The van der Waals surface area contributed by atoms with Gasteiger partial charge < -0.3 is 15.4 Å². The van der Waals surface area contributed by atoms with Crippen LogP contribution in [0.15, 0.2) is 29.3 Å². The number of aliphatic imine (C=N–C) groups is 1. The summed E-state index contributed by atoms with van der Waals surface area (Å²) >= 11 is 1.84. The van der Waals surface area contributed by atoms with Crippen LogP contribution in [0.25, 0.3) is 0 Å². The van der Waals surface area contributed by atoms with E-state index >= 15 is 0 Å². The maximum absolute atomic E-state index is 5.85. The lowest BCUT2D eigenvalue weighted by Gasteiger charge is -2.23. The molecule has 1 aromatic carbocycles. The molecule has 1 rings (SSSR count). The Morgan fingerprint density at radius 3 is 2.32 bits per heavy atom. The van der Waals surface area contributed by atoms with E-state index in [1.807, 2.05) is 11.8 Å². The van der Waals surface area contributed by atoms with Crippen LogP contribution in [-0.2, 0) is 17.9 Å². The highest BCUT2D eigenvalue weighted by molar-refractivity contribution is 14.0. The van der Waals surface area contributed by atoms with Crippen molar-refractivity contribution >= 4 is 41.7 Å². The first-order valence-corrected chi connectivity index (χ1v) is 9.59. The van der Waals surface area contributed by atoms with Crippen molar-refractivity contribution in [2.75, 3.05) is 19.8 Å². The molecule has 1 aromatic rings. The maximum Gasteiger partial charge on any atom is 0.191 e. The third-order valence-electron chi connectivity index (χ3n) is 3.58. The first-order valence-electron chi connectivity index (χ1n) is 8.37. The lowest BCUT2D eigenvalue weighted by Crippen LogP contribution is -2.43. The van der Waals surface area contributed by atoms with Gasteiger partial charge in [0.1, 0.15) is 0 Å². The van der Waals surface area contributed by atoms with Gasteiger partial charge in [-0.1, -0.05) is 24.3 Å². The number of hydrogen-bond donors (Lipinski definition) is 2. The Morgan fingerprint density at radius 1 is 1.12 bits per heavy atom. The topological polar surface area (TPSA) is 45.7 Å². The van der Waals surface area contributed by atoms with Gasteiger partial charge in [0.05, 0.1) is 12.2 Å². The molecule has 0 atom stereocenters. The van der Waals surface area contributed by atoms with Gasteiger partial charge >= 0.3 is 0 Å². The summed E-state index contributed by atoms with van der Waals surface area (Å²) in [6.07, 6.45) is 2.13. The minimum Gasteiger partial charge on any atom is -0.371 e. The molecule has 25 heavy (non-hydrogen) atoms. The number of thioether (sulfide) groups is 1. The molecule has 0 aliphatic heterocycles. The van der Waals surface area contributed by atoms with Gasteiger partial charge in [-0.3, -0.25) is 4.99 Å². The van der Waals surface area contributed by atoms with Crippen LogP contribution in [0.1, 0.15) is 45.7 Å². The van der Waals surface area contributed by atoms with Gasteiger partial charge in [0, 0.05) is 24.9 Å². The number of halogens is 1. The molecule has 144 valence electrons. The molecule has 0 spiro atoms. The SMILES string of the molecule is CN=C(NCc1cccc(COC(C)(C)C)c1)NCC(C)(C)SC.I. The van der Waals surface area contributed by atoms with Gasteiger partial charge in [0.15, 0.2) is 5.96 Å². The zero-order valence-electron chi connectivity index (χ0n) is 16.6. The number of rotatable bonds is 7. The molecule has 0 radical (unpaired) electrons. The predicted octanol–water partition coefficient (Wildman–Crippen LogP) is 4.43. The minimum absolute atomic E-state index is 0. The third-order valence-corrected chi connectivity index (χ3v) is 4.83. The number of nitrogens with one attached hydrogen (secondary N) is 2. The van der Waals surface area contributed by atoms with Crippen LogP contribution in [-0.4, -0.2) is 36.2 Å². The first-order chi connectivity index (χ1) is 11.1. The second kappa shape index (κ2) is 11.3. The maximum atomic E-state index is 5.85. The standard InChI is InChI=1S/C19H33N3OS.HI/c1-18(2,3)23-13-16-10-8-9-15(11-16)12-21-17(20-6)22-14-19(4,5)24-7;/h8-11H,12-14H2,1-7H3,(H2,20,21,22);1H. The molecule has 0 unspecified atom stereocenters. The van der Waals surface area contributed by atoms with Crippen LogP contribution in [0.2, 0.25) is 0 Å². The Kier molecular flexibility index (Phi) is 11.1. The largest absolute Gasteiger partial charge is 0.371 e. The van der Waals surface area contributed by atoms with E-state index in [-0.39, 0.29) is 34.3 Å². The normalized spacial score (nSPS) is 12.5. The van der Waals surface area contributed by atoms with Crippen molar-refractivity contribution in [2.45, 2.75) is 58.1 Å². The quantitative estimate of drug-likeness (QED) is 0.345. The fourth-order valence-electron chi connectivity index (χ4n) is 1.90. The molecule has 4 nitrogen and oxygen atoms in total. The molecule has 0 saturated heterocycles. The van der Waals surface area contributed by atoms with Gasteiger partial charge in [-0.15, -0.1) is 24.0 Å². The van der Waals surface area contributed by atoms with E-state index in [9.17, 15) is 0 Å². The summed E-state index contributed by atoms with van der Waals surface area (Å²) in [6.45, 7) is 12.9. The molecule has 0 fully saturated rings. The lowest BCUT2D eigenvalue weighted by molar-refractivity contribution is -0.0149. The van der Waals surface area contributed by atoms with Crippen LogP contribution >= 0.6 is 35.7 Å². The second-order valence-corrected chi connectivity index (χ2v) is 8.98. The summed E-state index contributed by atoms with van der Waals surface area (Å²) in [4.78, 5) is 4.29. The van der Waals surface area contributed by atoms with Crippen molar-refractivity contribution in [1.29, 1.82) is 0 Å². The van der Waals surface area contributed by atoms with E-state index in [1.54, 1.807) is 7.05 Å². The molecule has 2 N–H and O–H groups in total. The van der Waals surface area contributed by atoms with Crippen LogP contribution in [0.5, 0.6) is 0 Å². The summed E-state index contributed by atoms with van der Waals surface area (Å²) in [5, 5.41) is 6.75. The number of ether oxygens (including phenoxy) is 1. The minimum atomic E-state index is -0.121. The molecule has 0 aliphatic carbocycles. The van der Waals surface area contributed by atoms with Gasteiger partial charge in [0.25, 0.3) is 0 Å². The molecular formula is C19H34IN3OS. The number of hydrogen-bond acceptors (Lipinski definition) is 3. The molecule has 0 bridgehead atoms. The van der Waals surface area contributed by atoms with Crippen LogP contribution in [0, 0.1) is 0 Å². The average molecular weight is 479 g/mol. The number of nitrogens with zero attached hydrogens (tertiary/aromatic N) is 1.